The van der Waals surface area contributed by atoms with Crippen LogP contribution in [0.3, 0.4) is 0 Å². The summed E-state index contributed by atoms with van der Waals surface area (Å²) in [5, 5.41) is 12.3. The number of hydrogen-bond donors (Lipinski definition) is 1. The minimum Gasteiger partial charge on any atom is -0.495 e. The van der Waals surface area contributed by atoms with Gasteiger partial charge >= 0.3 is 0 Å². The Balaban J connectivity index is 1.70. The number of nitrogens with zero attached hydrogens (tertiary/aromatic N) is 3. The van der Waals surface area contributed by atoms with Crippen LogP contribution in [0.2, 0.25) is 0 Å². The summed E-state index contributed by atoms with van der Waals surface area (Å²) in [6.07, 6.45) is 0.162. The molecular formula is C18H22N4O3S. The highest BCUT2D eigenvalue weighted by molar-refractivity contribution is 7.15. The van der Waals surface area contributed by atoms with E-state index in [2.05, 4.69) is 15.5 Å². The number of hydrogen-bond acceptors (Lipinski definition) is 6. The number of benzene rings is 1. The van der Waals surface area contributed by atoms with Crippen molar-refractivity contribution in [2.75, 3.05) is 23.9 Å². The molecule has 0 aliphatic carbocycles. The van der Waals surface area contributed by atoms with Gasteiger partial charge in [-0.25, -0.2) is 0 Å². The Morgan fingerprint density at radius 2 is 2.04 bits per heavy atom. The lowest BCUT2D eigenvalue weighted by Crippen LogP contribution is -2.28. The molecule has 2 heterocycles. The van der Waals surface area contributed by atoms with Crippen molar-refractivity contribution in [1.82, 2.24) is 10.2 Å². The van der Waals surface area contributed by atoms with Gasteiger partial charge in [0.15, 0.2) is 0 Å². The van der Waals surface area contributed by atoms with E-state index < -0.39 is 5.92 Å². The first kappa shape index (κ1) is 18.3. The van der Waals surface area contributed by atoms with Crippen LogP contribution in [0.1, 0.15) is 32.2 Å². The molecule has 1 aromatic carbocycles. The number of rotatable bonds is 4. The maximum absolute atomic E-state index is 12.6. The van der Waals surface area contributed by atoms with E-state index >= 15 is 0 Å². The van der Waals surface area contributed by atoms with Crippen LogP contribution >= 0.6 is 11.3 Å². The van der Waals surface area contributed by atoms with Gasteiger partial charge in [-0.2, -0.15) is 0 Å². The predicted molar refractivity (Wildman–Crippen MR) is 101 cm³/mol. The molecular weight excluding hydrogens is 352 g/mol. The van der Waals surface area contributed by atoms with E-state index in [0.29, 0.717) is 23.1 Å². The van der Waals surface area contributed by atoms with E-state index in [1.807, 2.05) is 39.0 Å². The fraction of sp³-hybridized carbons (Fsp3) is 0.444. The van der Waals surface area contributed by atoms with Crippen LogP contribution in [0.15, 0.2) is 24.3 Å². The molecule has 1 aliphatic rings. The third-order valence-electron chi connectivity index (χ3n) is 4.17. The van der Waals surface area contributed by atoms with Crippen LogP contribution in [0.5, 0.6) is 5.75 Å². The van der Waals surface area contributed by atoms with Crippen molar-refractivity contribution in [2.45, 2.75) is 32.6 Å². The molecule has 2 amide bonds. The Hall–Kier alpha value is -2.48. The standard InChI is InChI=1S/C18H22N4O3S/c1-18(2,3)16-20-21-17(26-16)19-15(24)11-9-14(23)22(10-11)12-7-5-6-8-13(12)25-4/h5-8,11H,9-10H2,1-4H3,(H,19,21,24). The molecule has 3 rings (SSSR count). The maximum Gasteiger partial charge on any atom is 0.231 e. The van der Waals surface area contributed by atoms with Gasteiger partial charge in [0.2, 0.25) is 16.9 Å². The Bertz CT molecular complexity index is 828. The van der Waals surface area contributed by atoms with Crippen LogP contribution in [0.25, 0.3) is 0 Å². The summed E-state index contributed by atoms with van der Waals surface area (Å²) in [7, 11) is 1.56. The minimum absolute atomic E-state index is 0.0951. The molecule has 1 atom stereocenters. The molecule has 1 aromatic heterocycles. The molecule has 2 aromatic rings. The summed E-state index contributed by atoms with van der Waals surface area (Å²) >= 11 is 1.36. The van der Waals surface area contributed by atoms with E-state index in [-0.39, 0.29) is 23.7 Å². The predicted octanol–water partition coefficient (Wildman–Crippen LogP) is 2.84. The number of amides is 2. The van der Waals surface area contributed by atoms with Crippen LogP contribution in [-0.2, 0) is 15.0 Å². The number of methoxy groups -OCH3 is 1. The van der Waals surface area contributed by atoms with Crippen molar-refractivity contribution in [2.24, 2.45) is 5.92 Å². The summed E-state index contributed by atoms with van der Waals surface area (Å²) in [6, 6.07) is 7.30. The van der Waals surface area contributed by atoms with E-state index in [0.717, 1.165) is 5.01 Å². The largest absolute Gasteiger partial charge is 0.495 e. The van der Waals surface area contributed by atoms with Gasteiger partial charge in [-0.1, -0.05) is 44.2 Å². The molecule has 1 fully saturated rings. The Morgan fingerprint density at radius 1 is 1.31 bits per heavy atom. The molecule has 0 spiro atoms. The molecule has 1 unspecified atom stereocenters. The summed E-state index contributed by atoms with van der Waals surface area (Å²) in [5.41, 5.74) is 0.561. The minimum atomic E-state index is -0.436. The quantitative estimate of drug-likeness (QED) is 0.890. The molecule has 0 bridgehead atoms. The van der Waals surface area contributed by atoms with Gasteiger partial charge in [-0.3, -0.25) is 9.59 Å². The van der Waals surface area contributed by atoms with Crippen LogP contribution < -0.4 is 15.0 Å². The van der Waals surface area contributed by atoms with Crippen molar-refractivity contribution in [3.63, 3.8) is 0 Å². The topological polar surface area (TPSA) is 84.4 Å². The monoisotopic (exact) mass is 374 g/mol. The second-order valence-electron chi connectivity index (χ2n) is 7.23. The van der Waals surface area contributed by atoms with Crippen molar-refractivity contribution in [3.8, 4) is 5.75 Å². The third-order valence-corrected chi connectivity index (χ3v) is 5.43. The second-order valence-corrected chi connectivity index (χ2v) is 8.21. The summed E-state index contributed by atoms with van der Waals surface area (Å²) in [5.74, 6) is -0.134. The van der Waals surface area contributed by atoms with E-state index in [1.54, 1.807) is 18.1 Å². The maximum atomic E-state index is 12.6. The molecule has 0 radical (unpaired) electrons. The lowest BCUT2D eigenvalue weighted by Gasteiger charge is -2.19. The van der Waals surface area contributed by atoms with Crippen molar-refractivity contribution >= 4 is 34.0 Å². The van der Waals surface area contributed by atoms with Crippen molar-refractivity contribution in [1.29, 1.82) is 0 Å². The molecule has 138 valence electrons. The highest BCUT2D eigenvalue weighted by atomic mass is 32.1. The number of para-hydroxylation sites is 2. The number of carbonyl (C=O) groups is 2. The van der Waals surface area contributed by atoms with Gasteiger partial charge in [0.1, 0.15) is 10.8 Å². The average Bonchev–Trinajstić information content (AvgIpc) is 3.21. The lowest BCUT2D eigenvalue weighted by molar-refractivity contribution is -0.122. The van der Waals surface area contributed by atoms with Crippen molar-refractivity contribution in [3.05, 3.63) is 29.3 Å². The Morgan fingerprint density at radius 3 is 2.69 bits per heavy atom. The number of ether oxygens (including phenoxy) is 1. The molecule has 26 heavy (non-hydrogen) atoms. The van der Waals surface area contributed by atoms with Crippen LogP contribution in [0.4, 0.5) is 10.8 Å². The van der Waals surface area contributed by atoms with Gasteiger partial charge in [0, 0.05) is 18.4 Å². The summed E-state index contributed by atoms with van der Waals surface area (Å²) in [4.78, 5) is 26.6. The molecule has 1 aliphatic heterocycles. The summed E-state index contributed by atoms with van der Waals surface area (Å²) in [6.45, 7) is 6.44. The zero-order valence-corrected chi connectivity index (χ0v) is 16.1. The average molecular weight is 374 g/mol. The fourth-order valence-electron chi connectivity index (χ4n) is 2.75. The molecule has 0 saturated carbocycles. The van der Waals surface area contributed by atoms with Crippen LogP contribution in [-0.4, -0.2) is 35.7 Å². The SMILES string of the molecule is COc1ccccc1N1CC(C(=O)Nc2nnc(C(C)(C)C)s2)CC1=O. The fourth-order valence-corrected chi connectivity index (χ4v) is 3.56. The Labute approximate surface area is 156 Å². The first-order valence-electron chi connectivity index (χ1n) is 8.38. The molecule has 7 nitrogen and oxygen atoms in total. The molecule has 1 saturated heterocycles. The van der Waals surface area contributed by atoms with Gasteiger partial charge in [0.25, 0.3) is 0 Å². The number of anilines is 2. The first-order chi connectivity index (χ1) is 12.3. The zero-order valence-electron chi connectivity index (χ0n) is 15.3. The number of nitrogens with one attached hydrogen (secondary N) is 1. The normalized spacial score (nSPS) is 17.5. The van der Waals surface area contributed by atoms with E-state index in [4.69, 9.17) is 4.74 Å². The van der Waals surface area contributed by atoms with Gasteiger partial charge in [-0.15, -0.1) is 10.2 Å². The second kappa shape index (κ2) is 7.03. The molecule has 8 heteroatoms. The van der Waals surface area contributed by atoms with Gasteiger partial charge in [0.05, 0.1) is 18.7 Å². The summed E-state index contributed by atoms with van der Waals surface area (Å²) < 4.78 is 5.32. The van der Waals surface area contributed by atoms with E-state index in [9.17, 15) is 9.59 Å². The number of carbonyl (C=O) groups excluding carboxylic acids is 2. The number of aromatic nitrogens is 2. The van der Waals surface area contributed by atoms with Gasteiger partial charge in [-0.05, 0) is 12.1 Å². The Kier molecular flexibility index (Phi) is 4.95. The van der Waals surface area contributed by atoms with Gasteiger partial charge < -0.3 is 15.0 Å². The smallest absolute Gasteiger partial charge is 0.231 e. The van der Waals surface area contributed by atoms with Crippen LogP contribution in [0, 0.1) is 5.92 Å². The molecule has 1 N–H and O–H groups in total. The zero-order chi connectivity index (χ0) is 18.9. The highest BCUT2D eigenvalue weighted by Crippen LogP contribution is 2.33. The van der Waals surface area contributed by atoms with E-state index in [1.165, 1.54) is 11.3 Å². The first-order valence-corrected chi connectivity index (χ1v) is 9.19. The lowest BCUT2D eigenvalue weighted by atomic mass is 9.98. The van der Waals surface area contributed by atoms with Crippen molar-refractivity contribution < 1.29 is 14.3 Å². The third kappa shape index (κ3) is 3.70. The highest BCUT2D eigenvalue weighted by Gasteiger charge is 2.36.